The van der Waals surface area contributed by atoms with Crippen molar-refractivity contribution in [3.8, 4) is 0 Å². The average Bonchev–Trinajstić information content (AvgIpc) is 2.26. The van der Waals surface area contributed by atoms with Gasteiger partial charge in [0.2, 0.25) is 0 Å². The molecule has 1 aliphatic heterocycles. The van der Waals surface area contributed by atoms with Gasteiger partial charge in [0.25, 0.3) is 0 Å². The van der Waals surface area contributed by atoms with Gasteiger partial charge in [-0.15, -0.1) is 0 Å². The van der Waals surface area contributed by atoms with Crippen LogP contribution in [0.1, 0.15) is 13.3 Å². The van der Waals surface area contributed by atoms with Crippen LogP contribution in [0.5, 0.6) is 0 Å². The highest BCUT2D eigenvalue weighted by molar-refractivity contribution is 4.75. The predicted molar refractivity (Wildman–Crippen MR) is 54.4 cm³/mol. The van der Waals surface area contributed by atoms with Crippen molar-refractivity contribution < 1.29 is 14.6 Å². The molecule has 0 spiro atoms. The van der Waals surface area contributed by atoms with Crippen LogP contribution in [-0.4, -0.2) is 62.2 Å². The van der Waals surface area contributed by atoms with Crippen molar-refractivity contribution in [1.82, 2.24) is 4.90 Å². The van der Waals surface area contributed by atoms with Gasteiger partial charge in [0.1, 0.15) is 0 Å². The lowest BCUT2D eigenvalue weighted by Crippen LogP contribution is -2.48. The Hall–Kier alpha value is -0.160. The summed E-state index contributed by atoms with van der Waals surface area (Å²) in [4.78, 5) is 2.35. The molecule has 1 aliphatic rings. The van der Waals surface area contributed by atoms with Crippen molar-refractivity contribution in [2.45, 2.75) is 25.5 Å². The van der Waals surface area contributed by atoms with Crippen LogP contribution < -0.4 is 0 Å². The molecule has 14 heavy (non-hydrogen) atoms. The van der Waals surface area contributed by atoms with Crippen LogP contribution in [0.3, 0.4) is 0 Å². The molecule has 0 radical (unpaired) electrons. The minimum Gasteiger partial charge on any atom is -0.394 e. The van der Waals surface area contributed by atoms with Crippen LogP contribution in [0.2, 0.25) is 0 Å². The van der Waals surface area contributed by atoms with Crippen LogP contribution in [0.25, 0.3) is 0 Å². The van der Waals surface area contributed by atoms with E-state index in [1.54, 1.807) is 7.11 Å². The fourth-order valence-electron chi connectivity index (χ4n) is 1.72. The molecular formula is C10H21NO3. The summed E-state index contributed by atoms with van der Waals surface area (Å²) >= 11 is 0. The third-order valence-corrected chi connectivity index (χ3v) is 2.74. The van der Waals surface area contributed by atoms with Gasteiger partial charge in [0.15, 0.2) is 0 Å². The highest BCUT2D eigenvalue weighted by Gasteiger charge is 2.22. The maximum Gasteiger partial charge on any atom is 0.0932 e. The fourth-order valence-corrected chi connectivity index (χ4v) is 1.72. The molecule has 4 nitrogen and oxygen atoms in total. The Balaban J connectivity index is 2.27. The molecule has 2 unspecified atom stereocenters. The fraction of sp³-hybridized carbons (Fsp3) is 1.00. The topological polar surface area (TPSA) is 41.9 Å². The van der Waals surface area contributed by atoms with Crippen molar-refractivity contribution in [2.75, 3.05) is 40.0 Å². The number of aliphatic hydroxyl groups excluding tert-OH is 1. The minimum atomic E-state index is -0.00579. The summed E-state index contributed by atoms with van der Waals surface area (Å²) in [7, 11) is 1.72. The first-order valence-electron chi connectivity index (χ1n) is 5.23. The molecule has 0 aromatic heterocycles. The van der Waals surface area contributed by atoms with E-state index >= 15 is 0 Å². The van der Waals surface area contributed by atoms with Gasteiger partial charge in [0.05, 0.1) is 19.3 Å². The number of methoxy groups -OCH3 is 1. The highest BCUT2D eigenvalue weighted by Crippen LogP contribution is 2.10. The lowest BCUT2D eigenvalue weighted by atomic mass is 10.1. The Morgan fingerprint density at radius 1 is 1.64 bits per heavy atom. The van der Waals surface area contributed by atoms with E-state index in [0.29, 0.717) is 6.04 Å². The number of hydrogen-bond acceptors (Lipinski definition) is 4. The maximum atomic E-state index is 8.99. The number of nitrogens with zero attached hydrogens (tertiary/aromatic N) is 1. The minimum absolute atomic E-state index is 0.00579. The van der Waals surface area contributed by atoms with Gasteiger partial charge in [-0.25, -0.2) is 0 Å². The lowest BCUT2D eigenvalue weighted by Gasteiger charge is -2.36. The molecular weight excluding hydrogens is 182 g/mol. The first-order valence-corrected chi connectivity index (χ1v) is 5.23. The van der Waals surface area contributed by atoms with Crippen molar-refractivity contribution in [3.63, 3.8) is 0 Å². The monoisotopic (exact) mass is 203 g/mol. The van der Waals surface area contributed by atoms with Gasteiger partial charge in [-0.3, -0.25) is 4.90 Å². The second kappa shape index (κ2) is 6.35. The van der Waals surface area contributed by atoms with Gasteiger partial charge in [0, 0.05) is 32.8 Å². The van der Waals surface area contributed by atoms with Crippen LogP contribution >= 0.6 is 0 Å². The van der Waals surface area contributed by atoms with Gasteiger partial charge in [-0.1, -0.05) is 0 Å². The second-order valence-electron chi connectivity index (χ2n) is 3.80. The molecule has 0 bridgehead atoms. The summed E-state index contributed by atoms with van der Waals surface area (Å²) < 4.78 is 10.4. The van der Waals surface area contributed by atoms with E-state index in [-0.39, 0.29) is 12.7 Å². The van der Waals surface area contributed by atoms with E-state index in [2.05, 4.69) is 11.8 Å². The summed E-state index contributed by atoms with van der Waals surface area (Å²) in [5.41, 5.74) is 0. The smallest absolute Gasteiger partial charge is 0.0932 e. The predicted octanol–water partition coefficient (Wildman–Crippen LogP) is 0.104. The van der Waals surface area contributed by atoms with E-state index < -0.39 is 0 Å². The zero-order valence-corrected chi connectivity index (χ0v) is 9.11. The Labute approximate surface area is 85.8 Å². The number of aliphatic hydroxyl groups is 1. The number of ether oxygens (including phenoxy) is 2. The van der Waals surface area contributed by atoms with Gasteiger partial charge >= 0.3 is 0 Å². The molecule has 1 rings (SSSR count). The molecule has 4 heteroatoms. The zero-order valence-electron chi connectivity index (χ0n) is 9.11. The maximum absolute atomic E-state index is 8.99. The third-order valence-electron chi connectivity index (χ3n) is 2.74. The molecule has 1 heterocycles. The number of rotatable bonds is 5. The van der Waals surface area contributed by atoms with Gasteiger partial charge < -0.3 is 14.6 Å². The standard InChI is InChI=1S/C10H21NO3/c1-9(3-5-13-2)11-4-6-14-10(7-11)8-12/h9-10,12H,3-8H2,1-2H3. The summed E-state index contributed by atoms with van der Waals surface area (Å²) in [6.07, 6.45) is 1.03. The summed E-state index contributed by atoms with van der Waals surface area (Å²) in [6, 6.07) is 0.507. The largest absolute Gasteiger partial charge is 0.394 e. The van der Waals surface area contributed by atoms with Crippen molar-refractivity contribution in [1.29, 1.82) is 0 Å². The Bertz CT molecular complexity index is 154. The number of hydrogen-bond donors (Lipinski definition) is 1. The van der Waals surface area contributed by atoms with E-state index in [4.69, 9.17) is 14.6 Å². The summed E-state index contributed by atoms with van der Waals surface area (Å²) in [5, 5.41) is 8.99. The molecule has 84 valence electrons. The molecule has 1 fully saturated rings. The Morgan fingerprint density at radius 3 is 3.07 bits per heavy atom. The Morgan fingerprint density at radius 2 is 2.43 bits per heavy atom. The van der Waals surface area contributed by atoms with Crippen molar-refractivity contribution in [3.05, 3.63) is 0 Å². The Kier molecular flexibility index (Phi) is 5.40. The van der Waals surface area contributed by atoms with Crippen LogP contribution in [0, 0.1) is 0 Å². The molecule has 0 aliphatic carbocycles. The molecule has 1 saturated heterocycles. The van der Waals surface area contributed by atoms with Gasteiger partial charge in [-0.2, -0.15) is 0 Å². The van der Waals surface area contributed by atoms with Crippen LogP contribution in [0.15, 0.2) is 0 Å². The molecule has 0 aromatic carbocycles. The van der Waals surface area contributed by atoms with E-state index in [9.17, 15) is 0 Å². The molecule has 0 saturated carbocycles. The second-order valence-corrected chi connectivity index (χ2v) is 3.80. The van der Waals surface area contributed by atoms with Crippen LogP contribution in [0.4, 0.5) is 0 Å². The lowest BCUT2D eigenvalue weighted by molar-refractivity contribution is -0.0651. The highest BCUT2D eigenvalue weighted by atomic mass is 16.5. The van der Waals surface area contributed by atoms with Gasteiger partial charge in [-0.05, 0) is 13.3 Å². The van der Waals surface area contributed by atoms with E-state index in [0.717, 1.165) is 32.7 Å². The molecule has 1 N–H and O–H groups in total. The molecule has 0 amide bonds. The van der Waals surface area contributed by atoms with E-state index in [1.165, 1.54) is 0 Å². The molecule has 0 aromatic rings. The SMILES string of the molecule is COCCC(C)N1CCOC(CO)C1. The molecule has 2 atom stereocenters. The van der Waals surface area contributed by atoms with Crippen molar-refractivity contribution >= 4 is 0 Å². The average molecular weight is 203 g/mol. The zero-order chi connectivity index (χ0) is 10.4. The first-order chi connectivity index (χ1) is 6.77. The third kappa shape index (κ3) is 3.53. The summed E-state index contributed by atoms with van der Waals surface area (Å²) in [5.74, 6) is 0. The van der Waals surface area contributed by atoms with Crippen molar-refractivity contribution in [2.24, 2.45) is 0 Å². The van der Waals surface area contributed by atoms with E-state index in [1.807, 2.05) is 0 Å². The summed E-state index contributed by atoms with van der Waals surface area (Å²) in [6.45, 7) is 5.62. The normalized spacial score (nSPS) is 26.4. The van der Waals surface area contributed by atoms with Crippen LogP contribution in [-0.2, 0) is 9.47 Å². The first kappa shape index (κ1) is 11.9. The number of morpholine rings is 1. The quantitative estimate of drug-likeness (QED) is 0.688.